The van der Waals surface area contributed by atoms with E-state index in [1.54, 1.807) is 6.07 Å². The molecule has 0 radical (unpaired) electrons. The van der Waals surface area contributed by atoms with Crippen molar-refractivity contribution in [3.05, 3.63) is 34.9 Å². The molecule has 5 heteroatoms. The van der Waals surface area contributed by atoms with Gasteiger partial charge in [-0.2, -0.15) is 5.26 Å². The zero-order valence-corrected chi connectivity index (χ0v) is 10.9. The standard InChI is InChI=1S/C12H12ClNO2S/c1-9(15)16-7-12(17-8-14)6-10-3-2-4-11(13)5-10/h2-5,12H,6-7H2,1H3. The summed E-state index contributed by atoms with van der Waals surface area (Å²) in [5, 5.41) is 11.3. The number of thiocyanates is 1. The number of carbonyl (C=O) groups excluding carboxylic acids is 1. The Hall–Kier alpha value is -1.18. The third-order valence-corrected chi connectivity index (χ3v) is 3.02. The van der Waals surface area contributed by atoms with Crippen LogP contribution in [0.25, 0.3) is 0 Å². The van der Waals surface area contributed by atoms with Gasteiger partial charge in [0.25, 0.3) is 0 Å². The predicted molar refractivity (Wildman–Crippen MR) is 68.8 cm³/mol. The minimum atomic E-state index is -0.334. The fourth-order valence-electron chi connectivity index (χ4n) is 1.35. The van der Waals surface area contributed by atoms with Crippen molar-refractivity contribution < 1.29 is 9.53 Å². The van der Waals surface area contributed by atoms with Crippen molar-refractivity contribution in [1.29, 1.82) is 5.26 Å². The summed E-state index contributed by atoms with van der Waals surface area (Å²) in [6, 6.07) is 7.44. The normalized spacial score (nSPS) is 11.6. The summed E-state index contributed by atoms with van der Waals surface area (Å²) in [7, 11) is 0. The van der Waals surface area contributed by atoms with Crippen molar-refractivity contribution in [1.82, 2.24) is 0 Å². The van der Waals surface area contributed by atoms with Crippen LogP contribution in [0, 0.1) is 10.7 Å². The minimum absolute atomic E-state index is 0.0673. The van der Waals surface area contributed by atoms with Crippen LogP contribution < -0.4 is 0 Å². The van der Waals surface area contributed by atoms with Crippen LogP contribution in [0.1, 0.15) is 12.5 Å². The van der Waals surface area contributed by atoms with Crippen LogP contribution in [0.5, 0.6) is 0 Å². The SMILES string of the molecule is CC(=O)OCC(Cc1cccc(Cl)c1)SC#N. The van der Waals surface area contributed by atoms with Gasteiger partial charge in [0.2, 0.25) is 0 Å². The molecule has 0 aliphatic heterocycles. The largest absolute Gasteiger partial charge is 0.465 e. The number of ether oxygens (including phenoxy) is 1. The molecular formula is C12H12ClNO2S. The third kappa shape index (κ3) is 5.62. The molecule has 0 amide bonds. The summed E-state index contributed by atoms with van der Waals surface area (Å²) in [6.45, 7) is 1.59. The van der Waals surface area contributed by atoms with Crippen LogP contribution in [0.2, 0.25) is 5.02 Å². The molecule has 1 aromatic rings. The summed E-state index contributed by atoms with van der Waals surface area (Å²) in [6.07, 6.45) is 0.645. The number of hydrogen-bond acceptors (Lipinski definition) is 4. The molecule has 90 valence electrons. The second-order valence-corrected chi connectivity index (χ2v) is 4.99. The zero-order valence-electron chi connectivity index (χ0n) is 9.35. The zero-order chi connectivity index (χ0) is 12.7. The molecule has 0 bridgehead atoms. The third-order valence-electron chi connectivity index (χ3n) is 2.04. The molecule has 0 aliphatic rings. The van der Waals surface area contributed by atoms with Crippen LogP contribution in [-0.2, 0) is 16.0 Å². The highest BCUT2D eigenvalue weighted by molar-refractivity contribution is 8.04. The first-order valence-corrected chi connectivity index (χ1v) is 6.30. The molecule has 0 spiro atoms. The molecule has 1 unspecified atom stereocenters. The molecule has 3 nitrogen and oxygen atoms in total. The number of halogens is 1. The first-order valence-electron chi connectivity index (χ1n) is 5.04. The van der Waals surface area contributed by atoms with Crippen LogP contribution >= 0.6 is 23.4 Å². The number of thioether (sulfide) groups is 1. The summed E-state index contributed by atoms with van der Waals surface area (Å²) < 4.78 is 4.92. The monoisotopic (exact) mass is 269 g/mol. The molecule has 1 atom stereocenters. The van der Waals surface area contributed by atoms with Gasteiger partial charge in [0, 0.05) is 11.9 Å². The van der Waals surface area contributed by atoms with Crippen molar-refractivity contribution in [2.45, 2.75) is 18.6 Å². The van der Waals surface area contributed by atoms with Gasteiger partial charge < -0.3 is 4.74 Å². The summed E-state index contributed by atoms with van der Waals surface area (Å²) >= 11 is 6.98. The Morgan fingerprint density at radius 2 is 2.41 bits per heavy atom. The van der Waals surface area contributed by atoms with E-state index in [9.17, 15) is 4.79 Å². The number of esters is 1. The molecule has 1 aromatic carbocycles. The maximum Gasteiger partial charge on any atom is 0.302 e. The Balaban J connectivity index is 2.60. The Kier molecular flexibility index (Phi) is 5.88. The second-order valence-electron chi connectivity index (χ2n) is 3.47. The molecule has 0 saturated carbocycles. The van der Waals surface area contributed by atoms with E-state index in [2.05, 4.69) is 0 Å². The number of carbonyl (C=O) groups is 1. The molecular weight excluding hydrogens is 258 g/mol. The smallest absolute Gasteiger partial charge is 0.302 e. The lowest BCUT2D eigenvalue weighted by Gasteiger charge is -2.12. The molecule has 0 N–H and O–H groups in total. The van der Waals surface area contributed by atoms with Crippen molar-refractivity contribution in [3.63, 3.8) is 0 Å². The van der Waals surface area contributed by atoms with Crippen LogP contribution in [0.3, 0.4) is 0 Å². The highest BCUT2D eigenvalue weighted by Crippen LogP contribution is 2.18. The number of benzene rings is 1. The van der Waals surface area contributed by atoms with E-state index in [4.69, 9.17) is 21.6 Å². The summed E-state index contributed by atoms with van der Waals surface area (Å²) in [5.41, 5.74) is 1.03. The molecule has 1 rings (SSSR count). The second kappa shape index (κ2) is 7.21. The van der Waals surface area contributed by atoms with Crippen LogP contribution in [0.15, 0.2) is 24.3 Å². The molecule has 0 saturated heterocycles. The van der Waals surface area contributed by atoms with Gasteiger partial charge in [0.05, 0.1) is 5.25 Å². The van der Waals surface area contributed by atoms with Gasteiger partial charge in [0.1, 0.15) is 12.0 Å². The average molecular weight is 270 g/mol. The Bertz CT molecular complexity index is 431. The summed E-state index contributed by atoms with van der Waals surface area (Å²) in [4.78, 5) is 10.7. The Labute approximate surface area is 110 Å². The Morgan fingerprint density at radius 3 is 3.00 bits per heavy atom. The van der Waals surface area contributed by atoms with E-state index < -0.39 is 0 Å². The van der Waals surface area contributed by atoms with E-state index in [0.717, 1.165) is 17.3 Å². The lowest BCUT2D eigenvalue weighted by Crippen LogP contribution is -2.16. The van der Waals surface area contributed by atoms with E-state index in [0.29, 0.717) is 11.4 Å². The van der Waals surface area contributed by atoms with Gasteiger partial charge >= 0.3 is 5.97 Å². The first-order chi connectivity index (χ1) is 8.11. The van der Waals surface area contributed by atoms with Crippen LogP contribution in [0.4, 0.5) is 0 Å². The highest BCUT2D eigenvalue weighted by atomic mass is 35.5. The fourth-order valence-corrected chi connectivity index (χ4v) is 2.12. The van der Waals surface area contributed by atoms with Crippen molar-refractivity contribution in [3.8, 4) is 5.40 Å². The molecule has 0 heterocycles. The van der Waals surface area contributed by atoms with Gasteiger partial charge in [-0.25, -0.2) is 0 Å². The number of rotatable bonds is 5. The lowest BCUT2D eigenvalue weighted by molar-refractivity contribution is -0.140. The summed E-state index contributed by atoms with van der Waals surface area (Å²) in [5.74, 6) is -0.334. The molecule has 0 fully saturated rings. The number of nitriles is 1. The fraction of sp³-hybridized carbons (Fsp3) is 0.333. The van der Waals surface area contributed by atoms with Gasteiger partial charge in [-0.3, -0.25) is 4.79 Å². The average Bonchev–Trinajstić information content (AvgIpc) is 2.26. The van der Waals surface area contributed by atoms with Gasteiger partial charge in [-0.15, -0.1) is 0 Å². The quantitative estimate of drug-likeness (QED) is 0.609. The molecule has 0 aliphatic carbocycles. The predicted octanol–water partition coefficient (Wildman–Crippen LogP) is 3.03. The van der Waals surface area contributed by atoms with Crippen molar-refractivity contribution in [2.24, 2.45) is 0 Å². The van der Waals surface area contributed by atoms with Gasteiger partial charge in [-0.1, -0.05) is 23.7 Å². The lowest BCUT2D eigenvalue weighted by atomic mass is 10.1. The minimum Gasteiger partial charge on any atom is -0.465 e. The topological polar surface area (TPSA) is 50.1 Å². The molecule has 0 aromatic heterocycles. The molecule has 17 heavy (non-hydrogen) atoms. The Morgan fingerprint density at radius 1 is 1.65 bits per heavy atom. The first kappa shape index (κ1) is 13.9. The van der Waals surface area contributed by atoms with Crippen LogP contribution in [-0.4, -0.2) is 17.8 Å². The maximum atomic E-state index is 10.7. The van der Waals surface area contributed by atoms with Gasteiger partial charge in [-0.05, 0) is 35.9 Å². The number of hydrogen-bond donors (Lipinski definition) is 0. The van der Waals surface area contributed by atoms with E-state index in [-0.39, 0.29) is 17.8 Å². The maximum absolute atomic E-state index is 10.7. The van der Waals surface area contributed by atoms with E-state index in [1.807, 2.05) is 23.6 Å². The van der Waals surface area contributed by atoms with E-state index >= 15 is 0 Å². The highest BCUT2D eigenvalue weighted by Gasteiger charge is 2.12. The van der Waals surface area contributed by atoms with Gasteiger partial charge in [0.15, 0.2) is 0 Å². The van der Waals surface area contributed by atoms with E-state index in [1.165, 1.54) is 6.92 Å². The van der Waals surface area contributed by atoms with Crippen molar-refractivity contribution in [2.75, 3.05) is 6.61 Å². The van der Waals surface area contributed by atoms with Crippen molar-refractivity contribution >= 4 is 29.3 Å². The number of nitrogens with zero attached hydrogens (tertiary/aromatic N) is 1.